The molecule has 0 radical (unpaired) electrons. The molecule has 7 nitrogen and oxygen atoms in total. The number of anilines is 1. The fourth-order valence-electron chi connectivity index (χ4n) is 3.54. The van der Waals surface area contributed by atoms with Gasteiger partial charge in [-0.15, -0.1) is 11.3 Å². The van der Waals surface area contributed by atoms with Gasteiger partial charge in [-0.1, -0.05) is 35.5 Å². The van der Waals surface area contributed by atoms with E-state index in [-0.39, 0.29) is 18.3 Å². The highest BCUT2D eigenvalue weighted by molar-refractivity contribution is 7.17. The predicted octanol–water partition coefficient (Wildman–Crippen LogP) is 4.42. The molecule has 2 aromatic heterocycles. The lowest BCUT2D eigenvalue weighted by molar-refractivity contribution is -0.116. The third kappa shape index (κ3) is 4.43. The molecule has 0 fully saturated rings. The lowest BCUT2D eigenvalue weighted by Gasteiger charge is -2.12. The molecule has 4 rings (SSSR count). The summed E-state index contributed by atoms with van der Waals surface area (Å²) in [6.45, 7) is 2.08. The van der Waals surface area contributed by atoms with E-state index >= 15 is 0 Å². The minimum Gasteiger partial charge on any atom is -0.462 e. The van der Waals surface area contributed by atoms with Crippen LogP contribution in [-0.2, 0) is 28.8 Å². The minimum atomic E-state index is -0.364. The fourth-order valence-corrected chi connectivity index (χ4v) is 4.84. The zero-order chi connectivity index (χ0) is 20.9. The van der Waals surface area contributed by atoms with E-state index in [0.717, 1.165) is 36.8 Å². The van der Waals surface area contributed by atoms with Gasteiger partial charge < -0.3 is 14.6 Å². The second-order valence-electron chi connectivity index (χ2n) is 7.06. The molecule has 30 heavy (non-hydrogen) atoms. The van der Waals surface area contributed by atoms with Gasteiger partial charge in [-0.05, 0) is 38.2 Å². The Kier molecular flexibility index (Phi) is 6.23. The number of aromatic nitrogens is 2. The minimum absolute atomic E-state index is 0.182. The molecule has 1 aliphatic rings. The summed E-state index contributed by atoms with van der Waals surface area (Å²) in [7, 11) is 0. The monoisotopic (exact) mass is 425 g/mol. The van der Waals surface area contributed by atoms with Crippen LogP contribution in [0.4, 0.5) is 5.00 Å². The number of fused-ring (bicyclic) bond motifs is 1. The van der Waals surface area contributed by atoms with Crippen LogP contribution in [0.25, 0.3) is 11.4 Å². The molecule has 1 amide bonds. The molecule has 0 atom stereocenters. The summed E-state index contributed by atoms with van der Waals surface area (Å²) in [4.78, 5) is 30.6. The smallest absolute Gasteiger partial charge is 0.341 e. The first-order valence-corrected chi connectivity index (χ1v) is 11.0. The first-order chi connectivity index (χ1) is 14.7. The molecule has 1 aliphatic carbocycles. The summed E-state index contributed by atoms with van der Waals surface area (Å²) >= 11 is 1.48. The Morgan fingerprint density at radius 3 is 2.80 bits per heavy atom. The number of esters is 1. The van der Waals surface area contributed by atoms with Gasteiger partial charge in [0.15, 0.2) is 0 Å². The fraction of sp³-hybridized carbons (Fsp3) is 0.364. The number of ether oxygens (including phenoxy) is 1. The van der Waals surface area contributed by atoms with Gasteiger partial charge in [0.2, 0.25) is 17.6 Å². The largest absolute Gasteiger partial charge is 0.462 e. The van der Waals surface area contributed by atoms with Crippen LogP contribution < -0.4 is 5.32 Å². The highest BCUT2D eigenvalue weighted by atomic mass is 32.1. The molecule has 8 heteroatoms. The SMILES string of the molecule is CCOC(=O)c1c(NC(=O)CCc2nc(-c3ccccc3)no2)sc2c1CCCC2. The third-order valence-electron chi connectivity index (χ3n) is 4.97. The Morgan fingerprint density at radius 1 is 1.20 bits per heavy atom. The normalized spacial score (nSPS) is 13.0. The molecule has 0 unspecified atom stereocenters. The summed E-state index contributed by atoms with van der Waals surface area (Å²) < 4.78 is 10.5. The maximum absolute atomic E-state index is 12.6. The summed E-state index contributed by atoms with van der Waals surface area (Å²) in [5, 5.41) is 7.46. The van der Waals surface area contributed by atoms with E-state index in [9.17, 15) is 9.59 Å². The van der Waals surface area contributed by atoms with Crippen molar-refractivity contribution in [1.82, 2.24) is 10.1 Å². The number of thiophene rings is 1. The van der Waals surface area contributed by atoms with Crippen LogP contribution >= 0.6 is 11.3 Å². The lowest BCUT2D eigenvalue weighted by Crippen LogP contribution is -2.16. The van der Waals surface area contributed by atoms with E-state index in [2.05, 4.69) is 15.5 Å². The van der Waals surface area contributed by atoms with Crippen molar-refractivity contribution in [3.63, 3.8) is 0 Å². The van der Waals surface area contributed by atoms with Gasteiger partial charge in [-0.2, -0.15) is 4.98 Å². The number of carbonyl (C=O) groups excluding carboxylic acids is 2. The number of benzene rings is 1. The number of hydrogen-bond acceptors (Lipinski definition) is 7. The second-order valence-corrected chi connectivity index (χ2v) is 8.17. The van der Waals surface area contributed by atoms with Gasteiger partial charge in [0.1, 0.15) is 5.00 Å². The topological polar surface area (TPSA) is 94.3 Å². The summed E-state index contributed by atoms with van der Waals surface area (Å²) in [6.07, 6.45) is 4.44. The maximum Gasteiger partial charge on any atom is 0.341 e. The van der Waals surface area contributed by atoms with Gasteiger partial charge in [-0.25, -0.2) is 4.79 Å². The Bertz CT molecular complexity index is 1040. The van der Waals surface area contributed by atoms with E-state index in [1.54, 1.807) is 6.92 Å². The molecule has 0 spiro atoms. The highest BCUT2D eigenvalue weighted by Gasteiger charge is 2.27. The molecular weight excluding hydrogens is 402 g/mol. The van der Waals surface area contributed by atoms with Gasteiger partial charge in [0.25, 0.3) is 0 Å². The number of hydrogen-bond donors (Lipinski definition) is 1. The molecule has 156 valence electrons. The number of nitrogens with zero attached hydrogens (tertiary/aromatic N) is 2. The molecule has 0 saturated heterocycles. The number of rotatable bonds is 7. The highest BCUT2D eigenvalue weighted by Crippen LogP contribution is 2.38. The maximum atomic E-state index is 12.6. The van der Waals surface area contributed by atoms with Crippen molar-refractivity contribution in [2.45, 2.75) is 45.4 Å². The van der Waals surface area contributed by atoms with Crippen LogP contribution in [0.1, 0.15) is 52.9 Å². The molecule has 2 heterocycles. The van der Waals surface area contributed by atoms with Crippen molar-refractivity contribution >= 4 is 28.2 Å². The number of amides is 1. The first kappa shape index (κ1) is 20.3. The molecule has 3 aromatic rings. The van der Waals surface area contributed by atoms with Crippen molar-refractivity contribution in [2.24, 2.45) is 0 Å². The Labute approximate surface area is 178 Å². The van der Waals surface area contributed by atoms with Crippen LogP contribution in [0.5, 0.6) is 0 Å². The molecule has 0 bridgehead atoms. The lowest BCUT2D eigenvalue weighted by atomic mass is 9.95. The standard InChI is InChI=1S/C22H23N3O4S/c1-2-28-22(27)19-15-10-6-7-11-16(15)30-21(19)23-17(26)12-13-18-24-20(25-29-18)14-8-4-3-5-9-14/h3-5,8-9H,2,6-7,10-13H2,1H3,(H,23,26). The molecule has 0 saturated carbocycles. The van der Waals surface area contributed by atoms with Crippen molar-refractivity contribution in [2.75, 3.05) is 11.9 Å². The number of nitrogens with one attached hydrogen (secondary N) is 1. The van der Waals surface area contributed by atoms with E-state index in [1.807, 2.05) is 30.3 Å². The molecule has 0 aliphatic heterocycles. The average Bonchev–Trinajstić information content (AvgIpc) is 3.37. The van der Waals surface area contributed by atoms with Crippen molar-refractivity contribution in [1.29, 1.82) is 0 Å². The van der Waals surface area contributed by atoms with E-state index in [0.29, 0.717) is 35.3 Å². The summed E-state index contributed by atoms with van der Waals surface area (Å²) in [5.41, 5.74) is 2.42. The third-order valence-corrected chi connectivity index (χ3v) is 6.18. The molecule has 1 aromatic carbocycles. The summed E-state index contributed by atoms with van der Waals surface area (Å²) in [5.74, 6) is 0.344. The van der Waals surface area contributed by atoms with E-state index in [4.69, 9.17) is 9.26 Å². The quantitative estimate of drug-likeness (QED) is 0.563. The van der Waals surface area contributed by atoms with E-state index < -0.39 is 0 Å². The van der Waals surface area contributed by atoms with Gasteiger partial charge >= 0.3 is 5.97 Å². The van der Waals surface area contributed by atoms with Crippen LogP contribution in [0.15, 0.2) is 34.9 Å². The summed E-state index contributed by atoms with van der Waals surface area (Å²) in [6, 6.07) is 9.52. The Hall–Kier alpha value is -3.00. The first-order valence-electron chi connectivity index (χ1n) is 10.1. The van der Waals surface area contributed by atoms with Gasteiger partial charge in [0, 0.05) is 23.3 Å². The number of aryl methyl sites for hydroxylation is 2. The van der Waals surface area contributed by atoms with Crippen LogP contribution in [0.2, 0.25) is 0 Å². The average molecular weight is 426 g/mol. The number of carbonyl (C=O) groups is 2. The zero-order valence-electron chi connectivity index (χ0n) is 16.8. The Balaban J connectivity index is 1.43. The van der Waals surface area contributed by atoms with Crippen molar-refractivity contribution < 1.29 is 18.8 Å². The second kappa shape index (κ2) is 9.21. The zero-order valence-corrected chi connectivity index (χ0v) is 17.6. The van der Waals surface area contributed by atoms with Gasteiger partial charge in [0.05, 0.1) is 12.2 Å². The van der Waals surface area contributed by atoms with Crippen molar-refractivity contribution in [3.05, 3.63) is 52.2 Å². The van der Waals surface area contributed by atoms with Crippen LogP contribution in [0, 0.1) is 0 Å². The Morgan fingerprint density at radius 2 is 2.00 bits per heavy atom. The van der Waals surface area contributed by atoms with E-state index in [1.165, 1.54) is 16.2 Å². The van der Waals surface area contributed by atoms with Gasteiger partial charge in [-0.3, -0.25) is 4.79 Å². The van der Waals surface area contributed by atoms with Crippen molar-refractivity contribution in [3.8, 4) is 11.4 Å². The van der Waals surface area contributed by atoms with Crippen LogP contribution in [0.3, 0.4) is 0 Å². The predicted molar refractivity (Wildman–Crippen MR) is 114 cm³/mol. The molecular formula is C22H23N3O4S. The molecule has 1 N–H and O–H groups in total. The van der Waals surface area contributed by atoms with Crippen LogP contribution in [-0.4, -0.2) is 28.6 Å².